The molecule has 0 N–H and O–H groups in total. The second-order valence-corrected chi connectivity index (χ2v) is 4.42. The SMILES string of the molecule is C=CCOC(=O)C(N=Cc1ccccc1)c1ccccc1. The topological polar surface area (TPSA) is 38.7 Å². The van der Waals surface area contributed by atoms with Crippen LogP contribution in [0.2, 0.25) is 0 Å². The van der Waals surface area contributed by atoms with Crippen LogP contribution < -0.4 is 0 Å². The number of hydrogen-bond donors (Lipinski definition) is 0. The summed E-state index contributed by atoms with van der Waals surface area (Å²) in [4.78, 5) is 16.5. The van der Waals surface area contributed by atoms with E-state index in [9.17, 15) is 4.79 Å². The molecule has 0 saturated carbocycles. The van der Waals surface area contributed by atoms with Gasteiger partial charge in [0, 0.05) is 6.21 Å². The van der Waals surface area contributed by atoms with Crippen LogP contribution in [0, 0.1) is 0 Å². The summed E-state index contributed by atoms with van der Waals surface area (Å²) in [6.45, 7) is 3.73. The molecule has 21 heavy (non-hydrogen) atoms. The van der Waals surface area contributed by atoms with E-state index in [0.717, 1.165) is 11.1 Å². The van der Waals surface area contributed by atoms with E-state index < -0.39 is 6.04 Å². The maximum Gasteiger partial charge on any atom is 0.335 e. The smallest absolute Gasteiger partial charge is 0.335 e. The summed E-state index contributed by atoms with van der Waals surface area (Å²) in [6, 6.07) is 18.4. The zero-order valence-electron chi connectivity index (χ0n) is 11.7. The number of benzene rings is 2. The number of ether oxygens (including phenoxy) is 1. The van der Waals surface area contributed by atoms with Crippen molar-refractivity contribution in [2.45, 2.75) is 6.04 Å². The lowest BCUT2D eigenvalue weighted by molar-refractivity contribution is -0.144. The van der Waals surface area contributed by atoms with E-state index in [1.807, 2.05) is 60.7 Å². The normalized spacial score (nSPS) is 12.0. The minimum Gasteiger partial charge on any atom is -0.460 e. The summed E-state index contributed by atoms with van der Waals surface area (Å²) in [5.74, 6) is -0.381. The highest BCUT2D eigenvalue weighted by molar-refractivity contribution is 5.84. The molecule has 2 aromatic carbocycles. The zero-order valence-corrected chi connectivity index (χ0v) is 11.7. The van der Waals surface area contributed by atoms with Gasteiger partial charge in [0.25, 0.3) is 0 Å². The van der Waals surface area contributed by atoms with Gasteiger partial charge in [-0.2, -0.15) is 0 Å². The monoisotopic (exact) mass is 279 g/mol. The van der Waals surface area contributed by atoms with Crippen LogP contribution in [0.5, 0.6) is 0 Å². The summed E-state index contributed by atoms with van der Waals surface area (Å²) in [6.07, 6.45) is 3.23. The highest BCUT2D eigenvalue weighted by atomic mass is 16.5. The average molecular weight is 279 g/mol. The number of nitrogens with zero attached hydrogens (tertiary/aromatic N) is 1. The summed E-state index contributed by atoms with van der Waals surface area (Å²) >= 11 is 0. The van der Waals surface area contributed by atoms with Gasteiger partial charge in [0.1, 0.15) is 6.61 Å². The third kappa shape index (κ3) is 4.42. The predicted octanol–water partition coefficient (Wildman–Crippen LogP) is 3.58. The van der Waals surface area contributed by atoms with Crippen molar-refractivity contribution in [2.75, 3.05) is 6.61 Å². The molecular weight excluding hydrogens is 262 g/mol. The minimum atomic E-state index is -0.661. The van der Waals surface area contributed by atoms with Gasteiger partial charge in [0.15, 0.2) is 6.04 Å². The first kappa shape index (κ1) is 14.7. The number of aliphatic imine (C=N–C) groups is 1. The second kappa shape index (κ2) is 7.80. The summed E-state index contributed by atoms with van der Waals surface area (Å²) in [5, 5.41) is 0. The van der Waals surface area contributed by atoms with E-state index in [0.29, 0.717) is 0 Å². The van der Waals surface area contributed by atoms with Gasteiger partial charge in [-0.3, -0.25) is 4.99 Å². The molecule has 0 heterocycles. The summed E-state index contributed by atoms with van der Waals surface area (Å²) < 4.78 is 5.13. The average Bonchev–Trinajstić information content (AvgIpc) is 2.55. The molecule has 0 radical (unpaired) electrons. The van der Waals surface area contributed by atoms with Crippen LogP contribution in [0.3, 0.4) is 0 Å². The summed E-state index contributed by atoms with van der Waals surface area (Å²) in [7, 11) is 0. The Kier molecular flexibility index (Phi) is 5.47. The minimum absolute atomic E-state index is 0.184. The Bertz CT molecular complexity index is 606. The lowest BCUT2D eigenvalue weighted by Gasteiger charge is -2.11. The van der Waals surface area contributed by atoms with Crippen molar-refractivity contribution in [3.8, 4) is 0 Å². The molecule has 0 aliphatic carbocycles. The fourth-order valence-electron chi connectivity index (χ4n) is 1.84. The fraction of sp³-hybridized carbons (Fsp3) is 0.111. The van der Waals surface area contributed by atoms with E-state index in [-0.39, 0.29) is 12.6 Å². The molecule has 106 valence electrons. The number of rotatable bonds is 6. The molecule has 0 saturated heterocycles. The van der Waals surface area contributed by atoms with Gasteiger partial charge < -0.3 is 4.74 Å². The number of carbonyl (C=O) groups excluding carboxylic acids is 1. The highest BCUT2D eigenvalue weighted by Gasteiger charge is 2.20. The van der Waals surface area contributed by atoms with Crippen LogP contribution in [0.15, 0.2) is 78.3 Å². The molecule has 3 nitrogen and oxygen atoms in total. The lowest BCUT2D eigenvalue weighted by atomic mass is 10.1. The molecule has 0 bridgehead atoms. The lowest BCUT2D eigenvalue weighted by Crippen LogP contribution is -2.14. The Hall–Kier alpha value is -2.68. The largest absolute Gasteiger partial charge is 0.460 e. The van der Waals surface area contributed by atoms with Gasteiger partial charge in [0.05, 0.1) is 0 Å². The van der Waals surface area contributed by atoms with Crippen LogP contribution in [-0.4, -0.2) is 18.8 Å². The van der Waals surface area contributed by atoms with Crippen LogP contribution in [0.4, 0.5) is 0 Å². The van der Waals surface area contributed by atoms with Crippen LogP contribution in [0.25, 0.3) is 0 Å². The Balaban J connectivity index is 2.22. The molecule has 1 unspecified atom stereocenters. The van der Waals surface area contributed by atoms with E-state index in [4.69, 9.17) is 4.74 Å². The third-order valence-corrected chi connectivity index (χ3v) is 2.85. The Labute approximate surface area is 124 Å². The quantitative estimate of drug-likeness (QED) is 0.460. The van der Waals surface area contributed by atoms with Crippen LogP contribution in [-0.2, 0) is 9.53 Å². The van der Waals surface area contributed by atoms with E-state index in [1.165, 1.54) is 0 Å². The van der Waals surface area contributed by atoms with Crippen molar-refractivity contribution < 1.29 is 9.53 Å². The number of hydrogen-bond acceptors (Lipinski definition) is 3. The third-order valence-electron chi connectivity index (χ3n) is 2.85. The Morgan fingerprint density at radius 1 is 1.10 bits per heavy atom. The Morgan fingerprint density at radius 2 is 1.71 bits per heavy atom. The Morgan fingerprint density at radius 3 is 2.33 bits per heavy atom. The maximum absolute atomic E-state index is 12.1. The predicted molar refractivity (Wildman–Crippen MR) is 84.4 cm³/mol. The fourth-order valence-corrected chi connectivity index (χ4v) is 1.84. The van der Waals surface area contributed by atoms with Crippen molar-refractivity contribution in [1.82, 2.24) is 0 Å². The van der Waals surface area contributed by atoms with E-state index >= 15 is 0 Å². The van der Waals surface area contributed by atoms with Crippen molar-refractivity contribution >= 4 is 12.2 Å². The molecule has 0 aromatic heterocycles. The molecule has 0 spiro atoms. The van der Waals surface area contributed by atoms with Gasteiger partial charge in [-0.25, -0.2) is 4.79 Å². The van der Waals surface area contributed by atoms with Crippen molar-refractivity contribution in [3.63, 3.8) is 0 Å². The van der Waals surface area contributed by atoms with E-state index in [1.54, 1.807) is 12.3 Å². The molecule has 2 rings (SSSR count). The first-order valence-corrected chi connectivity index (χ1v) is 6.72. The first-order valence-electron chi connectivity index (χ1n) is 6.72. The standard InChI is InChI=1S/C18H17NO2/c1-2-13-21-18(20)17(16-11-7-4-8-12-16)19-14-15-9-5-3-6-10-15/h2-12,14,17H,1,13H2. The molecule has 0 aliphatic heterocycles. The maximum atomic E-state index is 12.1. The molecule has 0 fully saturated rings. The summed E-state index contributed by atoms with van der Waals surface area (Å²) in [5.41, 5.74) is 1.74. The van der Waals surface area contributed by atoms with Crippen molar-refractivity contribution in [2.24, 2.45) is 4.99 Å². The molecule has 1 atom stereocenters. The van der Waals surface area contributed by atoms with Crippen molar-refractivity contribution in [3.05, 3.63) is 84.4 Å². The first-order chi connectivity index (χ1) is 10.3. The van der Waals surface area contributed by atoms with Gasteiger partial charge in [-0.15, -0.1) is 0 Å². The molecular formula is C18H17NO2. The van der Waals surface area contributed by atoms with Gasteiger partial charge in [0.2, 0.25) is 0 Å². The zero-order chi connectivity index (χ0) is 14.9. The van der Waals surface area contributed by atoms with Crippen LogP contribution in [0.1, 0.15) is 17.2 Å². The number of esters is 1. The van der Waals surface area contributed by atoms with Crippen LogP contribution >= 0.6 is 0 Å². The van der Waals surface area contributed by atoms with Gasteiger partial charge in [-0.05, 0) is 11.1 Å². The molecule has 2 aromatic rings. The van der Waals surface area contributed by atoms with Gasteiger partial charge in [-0.1, -0.05) is 73.3 Å². The molecule has 3 heteroatoms. The van der Waals surface area contributed by atoms with Crippen molar-refractivity contribution in [1.29, 1.82) is 0 Å². The second-order valence-electron chi connectivity index (χ2n) is 4.42. The van der Waals surface area contributed by atoms with E-state index in [2.05, 4.69) is 11.6 Å². The highest BCUT2D eigenvalue weighted by Crippen LogP contribution is 2.19. The number of carbonyl (C=O) groups is 1. The molecule has 0 aliphatic rings. The van der Waals surface area contributed by atoms with Gasteiger partial charge >= 0.3 is 5.97 Å². The molecule has 0 amide bonds.